The Labute approximate surface area is 114 Å². The van der Waals surface area contributed by atoms with Gasteiger partial charge in [-0.15, -0.1) is 0 Å². The molecule has 19 heavy (non-hydrogen) atoms. The first-order valence-corrected chi connectivity index (χ1v) is 7.38. The van der Waals surface area contributed by atoms with Gasteiger partial charge in [-0.3, -0.25) is 9.89 Å². The van der Waals surface area contributed by atoms with Crippen molar-refractivity contribution >= 4 is 34.3 Å². The molecule has 1 aromatic heterocycles. The Kier molecular flexibility index (Phi) is 3.20. The molecule has 1 fully saturated rings. The number of carbonyl (C=O) groups excluding carboxylic acids is 1. The third kappa shape index (κ3) is 2.46. The van der Waals surface area contributed by atoms with Crippen molar-refractivity contribution in [2.75, 3.05) is 16.8 Å². The van der Waals surface area contributed by atoms with Crippen LogP contribution in [0.25, 0.3) is 10.9 Å². The van der Waals surface area contributed by atoms with Crippen LogP contribution in [0.3, 0.4) is 0 Å². The van der Waals surface area contributed by atoms with Gasteiger partial charge in [-0.1, -0.05) is 0 Å². The maximum Gasteiger partial charge on any atom is 0.256 e. The Balaban J connectivity index is 1.78. The molecule has 0 aliphatic carbocycles. The molecule has 5 nitrogen and oxygen atoms in total. The lowest BCUT2D eigenvalue weighted by Crippen LogP contribution is -2.45. The summed E-state index contributed by atoms with van der Waals surface area (Å²) in [7, 11) is 0. The largest absolute Gasteiger partial charge is 0.380 e. The van der Waals surface area contributed by atoms with Crippen molar-refractivity contribution in [1.82, 2.24) is 10.2 Å². The number of carbonyl (C=O) groups is 1. The second-order valence-electron chi connectivity index (χ2n) is 4.77. The topological polar surface area (TPSA) is 78.0 Å². The molecule has 6 heteroatoms. The number of nitrogens with one attached hydrogen (secondary N) is 2. The molecule has 1 aliphatic heterocycles. The fourth-order valence-corrected chi connectivity index (χ4v) is 3.37. The first kappa shape index (κ1) is 12.5. The lowest BCUT2D eigenvalue weighted by Gasteiger charge is -2.30. The normalized spacial score (nSPS) is 18.4. The van der Waals surface area contributed by atoms with E-state index < -0.39 is 5.60 Å². The van der Waals surface area contributed by atoms with Gasteiger partial charge in [-0.2, -0.15) is 16.9 Å². The van der Waals surface area contributed by atoms with Gasteiger partial charge in [0.2, 0.25) is 0 Å². The molecule has 1 saturated heterocycles. The molecule has 1 aliphatic rings. The number of aromatic amines is 1. The fraction of sp³-hybridized carbons (Fsp3) is 0.385. The maximum atomic E-state index is 12.2. The van der Waals surface area contributed by atoms with Gasteiger partial charge in [0.25, 0.3) is 5.91 Å². The highest BCUT2D eigenvalue weighted by Crippen LogP contribution is 2.28. The molecule has 0 spiro atoms. The maximum absolute atomic E-state index is 12.2. The molecule has 2 aromatic rings. The summed E-state index contributed by atoms with van der Waals surface area (Å²) in [5, 5.41) is 20.9. The second kappa shape index (κ2) is 4.86. The van der Waals surface area contributed by atoms with Gasteiger partial charge in [-0.05, 0) is 42.5 Å². The Hall–Kier alpha value is -1.53. The van der Waals surface area contributed by atoms with Crippen LogP contribution in [-0.4, -0.2) is 38.3 Å². The van der Waals surface area contributed by atoms with Crippen molar-refractivity contribution in [3.63, 3.8) is 0 Å². The Morgan fingerprint density at radius 2 is 2.21 bits per heavy atom. The van der Waals surface area contributed by atoms with E-state index in [1.165, 1.54) is 0 Å². The van der Waals surface area contributed by atoms with Gasteiger partial charge >= 0.3 is 0 Å². The molecule has 3 N–H and O–H groups in total. The predicted molar refractivity (Wildman–Crippen MR) is 76.2 cm³/mol. The van der Waals surface area contributed by atoms with Gasteiger partial charge in [0.1, 0.15) is 5.60 Å². The van der Waals surface area contributed by atoms with Gasteiger partial charge < -0.3 is 10.4 Å². The summed E-state index contributed by atoms with van der Waals surface area (Å²) in [6.45, 7) is 0. The van der Waals surface area contributed by atoms with Gasteiger partial charge in [0.05, 0.1) is 11.7 Å². The third-order valence-corrected chi connectivity index (χ3v) is 4.43. The van der Waals surface area contributed by atoms with Crippen LogP contribution in [0.4, 0.5) is 5.69 Å². The van der Waals surface area contributed by atoms with Gasteiger partial charge in [-0.25, -0.2) is 0 Å². The Bertz CT molecular complexity index is 605. The minimum Gasteiger partial charge on any atom is -0.380 e. The van der Waals surface area contributed by atoms with Crippen LogP contribution in [0, 0.1) is 0 Å². The average Bonchev–Trinajstić information content (AvgIpc) is 2.87. The van der Waals surface area contributed by atoms with Crippen LogP contribution in [0.2, 0.25) is 0 Å². The van der Waals surface area contributed by atoms with Crippen molar-refractivity contribution in [3.05, 3.63) is 24.4 Å². The number of benzene rings is 1. The lowest BCUT2D eigenvalue weighted by molar-refractivity contribution is -0.134. The fourth-order valence-electron chi connectivity index (χ4n) is 2.20. The van der Waals surface area contributed by atoms with Crippen molar-refractivity contribution in [3.8, 4) is 0 Å². The molecule has 0 unspecified atom stereocenters. The first-order valence-electron chi connectivity index (χ1n) is 6.22. The van der Waals surface area contributed by atoms with Crippen molar-refractivity contribution in [2.24, 2.45) is 0 Å². The Morgan fingerprint density at radius 3 is 3.00 bits per heavy atom. The summed E-state index contributed by atoms with van der Waals surface area (Å²) in [5.41, 5.74) is 0.382. The number of anilines is 1. The molecule has 1 aromatic carbocycles. The van der Waals surface area contributed by atoms with Crippen LogP contribution in [0.15, 0.2) is 24.4 Å². The Morgan fingerprint density at radius 1 is 1.42 bits per heavy atom. The lowest BCUT2D eigenvalue weighted by atomic mass is 9.95. The van der Waals surface area contributed by atoms with E-state index in [2.05, 4.69) is 15.5 Å². The summed E-state index contributed by atoms with van der Waals surface area (Å²) in [4.78, 5) is 12.2. The molecular weight excluding hydrogens is 262 g/mol. The third-order valence-electron chi connectivity index (χ3n) is 3.44. The summed E-state index contributed by atoms with van der Waals surface area (Å²) in [6, 6.07) is 5.51. The van der Waals surface area contributed by atoms with E-state index >= 15 is 0 Å². The first-order chi connectivity index (χ1) is 9.17. The van der Waals surface area contributed by atoms with Crippen LogP contribution in [0.1, 0.15) is 12.8 Å². The average molecular weight is 277 g/mol. The number of amides is 1. The molecule has 2 heterocycles. The number of nitrogens with zero attached hydrogens (tertiary/aromatic N) is 1. The summed E-state index contributed by atoms with van der Waals surface area (Å²) in [5.74, 6) is 1.34. The molecule has 1 amide bonds. The molecule has 0 radical (unpaired) electrons. The SMILES string of the molecule is O=C(Nc1ccc2[nH]ncc2c1)C1(O)CCSCC1. The minimum atomic E-state index is -1.23. The molecule has 0 bridgehead atoms. The monoisotopic (exact) mass is 277 g/mol. The standard InChI is InChI=1S/C13H15N3O2S/c17-12(13(18)3-5-19-6-4-13)15-10-1-2-11-9(7-10)8-14-16-11/h1-2,7-8,18H,3-6H2,(H,14,16)(H,15,17). The van der Waals surface area contributed by atoms with Crippen LogP contribution < -0.4 is 5.32 Å². The van der Waals surface area contributed by atoms with E-state index in [1.54, 1.807) is 24.0 Å². The van der Waals surface area contributed by atoms with Crippen LogP contribution >= 0.6 is 11.8 Å². The van der Waals surface area contributed by atoms with Crippen molar-refractivity contribution in [1.29, 1.82) is 0 Å². The van der Waals surface area contributed by atoms with E-state index in [0.717, 1.165) is 22.4 Å². The van der Waals surface area contributed by atoms with E-state index in [1.807, 2.05) is 12.1 Å². The zero-order valence-electron chi connectivity index (χ0n) is 10.3. The number of hydrogen-bond acceptors (Lipinski definition) is 4. The quantitative estimate of drug-likeness (QED) is 0.781. The minimum absolute atomic E-state index is 0.310. The summed E-state index contributed by atoms with van der Waals surface area (Å²) < 4.78 is 0. The van der Waals surface area contributed by atoms with E-state index in [0.29, 0.717) is 18.5 Å². The highest BCUT2D eigenvalue weighted by molar-refractivity contribution is 7.99. The number of fused-ring (bicyclic) bond motifs is 1. The van der Waals surface area contributed by atoms with E-state index in [4.69, 9.17) is 0 Å². The molecular formula is C13H15N3O2S. The van der Waals surface area contributed by atoms with Crippen molar-refractivity contribution in [2.45, 2.75) is 18.4 Å². The highest BCUT2D eigenvalue weighted by Gasteiger charge is 2.37. The molecule has 0 atom stereocenters. The van der Waals surface area contributed by atoms with E-state index in [-0.39, 0.29) is 5.91 Å². The summed E-state index contributed by atoms with van der Waals surface area (Å²) >= 11 is 1.77. The smallest absolute Gasteiger partial charge is 0.256 e. The van der Waals surface area contributed by atoms with Gasteiger partial charge in [0.15, 0.2) is 0 Å². The highest BCUT2D eigenvalue weighted by atomic mass is 32.2. The number of rotatable bonds is 2. The zero-order valence-corrected chi connectivity index (χ0v) is 11.2. The van der Waals surface area contributed by atoms with Crippen molar-refractivity contribution < 1.29 is 9.90 Å². The predicted octanol–water partition coefficient (Wildman–Crippen LogP) is 1.76. The van der Waals surface area contributed by atoms with Crippen LogP contribution in [0.5, 0.6) is 0 Å². The molecule has 0 saturated carbocycles. The number of hydrogen-bond donors (Lipinski definition) is 3. The van der Waals surface area contributed by atoms with Crippen LogP contribution in [-0.2, 0) is 4.79 Å². The second-order valence-corrected chi connectivity index (χ2v) is 5.99. The number of H-pyrrole nitrogens is 1. The number of aromatic nitrogens is 2. The molecule has 100 valence electrons. The molecule has 3 rings (SSSR count). The number of thioether (sulfide) groups is 1. The summed E-state index contributed by atoms with van der Waals surface area (Å²) in [6.07, 6.45) is 2.73. The zero-order chi connectivity index (χ0) is 13.3. The number of aliphatic hydroxyl groups is 1. The van der Waals surface area contributed by atoms with E-state index in [9.17, 15) is 9.90 Å². The van der Waals surface area contributed by atoms with Gasteiger partial charge in [0, 0.05) is 11.1 Å².